The van der Waals surface area contributed by atoms with Gasteiger partial charge in [-0.3, -0.25) is 24.3 Å². The Kier molecular flexibility index (Phi) is 6.52. The Morgan fingerprint density at radius 2 is 2.06 bits per heavy atom. The quantitative estimate of drug-likeness (QED) is 0.374. The highest BCUT2D eigenvalue weighted by molar-refractivity contribution is 5.91. The molecule has 0 saturated carbocycles. The molecule has 10 nitrogen and oxygen atoms in total. The third-order valence-electron chi connectivity index (χ3n) is 5.78. The topological polar surface area (TPSA) is 129 Å². The summed E-state index contributed by atoms with van der Waals surface area (Å²) in [5, 5.41) is 0. The van der Waals surface area contributed by atoms with E-state index in [1.165, 1.54) is 13.2 Å². The van der Waals surface area contributed by atoms with E-state index in [4.69, 9.17) is 5.73 Å². The first-order valence-electron chi connectivity index (χ1n) is 10.7. The van der Waals surface area contributed by atoms with Crippen molar-refractivity contribution in [1.29, 1.82) is 0 Å². The fourth-order valence-electron chi connectivity index (χ4n) is 4.06. The molecule has 11 heteroatoms. The first kappa shape index (κ1) is 22.6. The van der Waals surface area contributed by atoms with Gasteiger partial charge in [-0.15, -0.1) is 0 Å². The molecule has 4 rings (SSSR count). The number of H-pyrrole nitrogens is 1. The van der Waals surface area contributed by atoms with Crippen LogP contribution in [-0.4, -0.2) is 59.0 Å². The average molecular weight is 455 g/mol. The van der Waals surface area contributed by atoms with Gasteiger partial charge in [0.2, 0.25) is 5.95 Å². The van der Waals surface area contributed by atoms with E-state index < -0.39 is 11.9 Å². The number of anilines is 2. The molecule has 0 radical (unpaired) electrons. The molecule has 0 aromatic carbocycles. The third-order valence-corrected chi connectivity index (χ3v) is 5.78. The van der Waals surface area contributed by atoms with E-state index in [0.717, 1.165) is 5.56 Å². The highest BCUT2D eigenvalue weighted by Crippen LogP contribution is 2.22. The summed E-state index contributed by atoms with van der Waals surface area (Å²) >= 11 is 0. The van der Waals surface area contributed by atoms with Crippen molar-refractivity contribution in [1.82, 2.24) is 25.3 Å². The van der Waals surface area contributed by atoms with Gasteiger partial charge in [-0.1, -0.05) is 6.92 Å². The number of hydroxylamine groups is 1. The lowest BCUT2D eigenvalue weighted by molar-refractivity contribution is 0.0531. The molecule has 0 spiro atoms. The van der Waals surface area contributed by atoms with Crippen LogP contribution < -0.4 is 21.7 Å². The highest BCUT2D eigenvalue weighted by Gasteiger charge is 2.22. The van der Waals surface area contributed by atoms with E-state index in [0.29, 0.717) is 67.1 Å². The number of carbonyl (C=O) groups is 1. The Bertz CT molecular complexity index is 1240. The Morgan fingerprint density at radius 3 is 2.73 bits per heavy atom. The molecule has 3 aromatic heterocycles. The van der Waals surface area contributed by atoms with Crippen molar-refractivity contribution in [3.05, 3.63) is 57.5 Å². The molecule has 1 fully saturated rings. The van der Waals surface area contributed by atoms with E-state index in [2.05, 4.69) is 30.2 Å². The second kappa shape index (κ2) is 9.51. The number of fused-ring (bicyclic) bond motifs is 1. The van der Waals surface area contributed by atoms with Gasteiger partial charge < -0.3 is 15.6 Å². The molecule has 4 N–H and O–H groups in total. The maximum absolute atomic E-state index is 14.5. The summed E-state index contributed by atoms with van der Waals surface area (Å²) in [6, 6.07) is 4.93. The Morgan fingerprint density at radius 1 is 1.30 bits per heavy atom. The number of nitrogen functional groups attached to an aromatic ring is 1. The minimum absolute atomic E-state index is 0.0507. The summed E-state index contributed by atoms with van der Waals surface area (Å²) in [6.07, 6.45) is 2.32. The van der Waals surface area contributed by atoms with Crippen LogP contribution in [-0.2, 0) is 17.8 Å². The van der Waals surface area contributed by atoms with Crippen molar-refractivity contribution in [3.8, 4) is 0 Å². The molecule has 1 aliphatic rings. The molecule has 1 amide bonds. The average Bonchev–Trinajstić information content (AvgIpc) is 2.80. The highest BCUT2D eigenvalue weighted by atomic mass is 19.1. The van der Waals surface area contributed by atoms with Gasteiger partial charge in [0.25, 0.3) is 11.5 Å². The minimum Gasteiger partial charge on any atom is -0.397 e. The molecule has 0 bridgehead atoms. The van der Waals surface area contributed by atoms with Crippen molar-refractivity contribution in [2.24, 2.45) is 0 Å². The largest absolute Gasteiger partial charge is 0.397 e. The standard InChI is InChI=1S/C22H26FN7O3/c1-3-14-18(24)19-16(27-21(14)31)10-13(11-25-19)12-29-6-8-30(9-7-29)17-5-4-15(26-20(17)23)22(32)28-33-2/h4-5,10-11H,3,6-9,12H2,1-2H3,(H,28,32)(H3,24,27,31). The number of aromatic nitrogens is 3. The van der Waals surface area contributed by atoms with Crippen LogP contribution in [0.4, 0.5) is 15.8 Å². The first-order valence-corrected chi connectivity index (χ1v) is 10.7. The van der Waals surface area contributed by atoms with Gasteiger partial charge in [-0.05, 0) is 30.2 Å². The zero-order valence-corrected chi connectivity index (χ0v) is 18.5. The second-order valence-electron chi connectivity index (χ2n) is 7.84. The smallest absolute Gasteiger partial charge is 0.293 e. The lowest BCUT2D eigenvalue weighted by Gasteiger charge is -2.36. The minimum atomic E-state index is -0.695. The summed E-state index contributed by atoms with van der Waals surface area (Å²) in [7, 11) is 1.30. The molecule has 4 heterocycles. The van der Waals surface area contributed by atoms with Crippen LogP contribution in [0.15, 0.2) is 29.2 Å². The number of piperazine rings is 1. The normalized spacial score (nSPS) is 14.6. The molecular formula is C22H26FN7O3. The number of nitrogens with two attached hydrogens (primary N) is 1. The molecule has 1 aliphatic heterocycles. The Balaban J connectivity index is 1.42. The zero-order chi connectivity index (χ0) is 23.5. The van der Waals surface area contributed by atoms with Crippen molar-refractivity contribution >= 4 is 28.3 Å². The second-order valence-corrected chi connectivity index (χ2v) is 7.84. The molecule has 0 aliphatic carbocycles. The monoisotopic (exact) mass is 455 g/mol. The summed E-state index contributed by atoms with van der Waals surface area (Å²) < 4.78 is 14.5. The maximum atomic E-state index is 14.5. The van der Waals surface area contributed by atoms with Crippen LogP contribution in [0.3, 0.4) is 0 Å². The fraction of sp³-hybridized carbons (Fsp3) is 0.364. The molecule has 0 atom stereocenters. The van der Waals surface area contributed by atoms with E-state index in [9.17, 15) is 14.0 Å². The lowest BCUT2D eigenvalue weighted by Crippen LogP contribution is -2.46. The van der Waals surface area contributed by atoms with Gasteiger partial charge >= 0.3 is 0 Å². The number of halogens is 1. The van der Waals surface area contributed by atoms with Gasteiger partial charge in [0.05, 0.1) is 24.0 Å². The lowest BCUT2D eigenvalue weighted by atomic mass is 10.1. The number of nitrogens with one attached hydrogen (secondary N) is 2. The number of aromatic amines is 1. The summed E-state index contributed by atoms with van der Waals surface area (Å²) in [4.78, 5) is 43.7. The molecular weight excluding hydrogens is 429 g/mol. The van der Waals surface area contributed by atoms with Crippen LogP contribution in [0.2, 0.25) is 0 Å². The SMILES string of the molecule is CCc1c(N)c2ncc(CN3CCN(c4ccc(C(=O)NOC)nc4F)CC3)cc2[nH]c1=O. The predicted octanol–water partition coefficient (Wildman–Crippen LogP) is 1.22. The third kappa shape index (κ3) is 4.64. The number of hydrogen-bond donors (Lipinski definition) is 3. The zero-order valence-electron chi connectivity index (χ0n) is 18.5. The van der Waals surface area contributed by atoms with Gasteiger partial charge in [0.1, 0.15) is 11.2 Å². The summed E-state index contributed by atoms with van der Waals surface area (Å²) in [5.74, 6) is -1.30. The predicted molar refractivity (Wildman–Crippen MR) is 122 cm³/mol. The Labute approximate surface area is 189 Å². The van der Waals surface area contributed by atoms with Gasteiger partial charge in [0, 0.05) is 44.5 Å². The Hall–Kier alpha value is -3.57. The van der Waals surface area contributed by atoms with Crippen LogP contribution in [0.25, 0.3) is 11.0 Å². The maximum Gasteiger partial charge on any atom is 0.293 e. The van der Waals surface area contributed by atoms with Gasteiger partial charge in [-0.25, -0.2) is 10.5 Å². The first-order chi connectivity index (χ1) is 15.9. The van der Waals surface area contributed by atoms with Crippen LogP contribution in [0.5, 0.6) is 0 Å². The molecule has 1 saturated heterocycles. The molecule has 3 aromatic rings. The number of hydrogen-bond acceptors (Lipinski definition) is 8. The van der Waals surface area contributed by atoms with Crippen LogP contribution in [0, 0.1) is 5.95 Å². The molecule has 33 heavy (non-hydrogen) atoms. The van der Waals surface area contributed by atoms with Gasteiger partial charge in [0.15, 0.2) is 0 Å². The summed E-state index contributed by atoms with van der Waals surface area (Å²) in [6.45, 7) is 5.15. The van der Waals surface area contributed by atoms with Crippen molar-refractivity contribution in [2.75, 3.05) is 43.9 Å². The van der Waals surface area contributed by atoms with E-state index in [1.54, 1.807) is 12.3 Å². The molecule has 0 unspecified atom stereocenters. The molecule has 174 valence electrons. The number of carbonyl (C=O) groups excluding carboxylic acids is 1. The number of pyridine rings is 3. The van der Waals surface area contributed by atoms with E-state index in [-0.39, 0.29) is 11.3 Å². The van der Waals surface area contributed by atoms with Crippen molar-refractivity contribution < 1.29 is 14.0 Å². The van der Waals surface area contributed by atoms with Crippen LogP contribution >= 0.6 is 0 Å². The number of nitrogens with zero attached hydrogens (tertiary/aromatic N) is 4. The summed E-state index contributed by atoms with van der Waals surface area (Å²) in [5.41, 5.74) is 11.5. The number of rotatable bonds is 6. The van der Waals surface area contributed by atoms with E-state index >= 15 is 0 Å². The van der Waals surface area contributed by atoms with E-state index in [1.807, 2.05) is 17.9 Å². The fourth-order valence-corrected chi connectivity index (χ4v) is 4.06. The van der Waals surface area contributed by atoms with Crippen molar-refractivity contribution in [2.45, 2.75) is 19.9 Å². The van der Waals surface area contributed by atoms with Crippen LogP contribution in [0.1, 0.15) is 28.5 Å². The number of amides is 1. The van der Waals surface area contributed by atoms with Crippen molar-refractivity contribution in [3.63, 3.8) is 0 Å². The van der Waals surface area contributed by atoms with Gasteiger partial charge in [-0.2, -0.15) is 4.39 Å².